The number of nitrogens with one attached hydrogen (secondary N) is 4. The predicted molar refractivity (Wildman–Crippen MR) is 114 cm³/mol. The average molecular weight is 406 g/mol. The topological polar surface area (TPSA) is 112 Å². The number of benzene rings is 2. The van der Waals surface area contributed by atoms with Crippen molar-refractivity contribution in [3.63, 3.8) is 0 Å². The molecule has 0 bridgehead atoms. The van der Waals surface area contributed by atoms with Crippen molar-refractivity contribution in [1.29, 1.82) is 0 Å². The molecule has 0 atom stereocenters. The molecular formula is C22H22N4O4. The quantitative estimate of drug-likeness (QED) is 0.469. The Morgan fingerprint density at radius 3 is 2.53 bits per heavy atom. The highest BCUT2D eigenvalue weighted by Gasteiger charge is 2.13. The molecule has 2 amide bonds. The lowest BCUT2D eigenvalue weighted by Crippen LogP contribution is -2.45. The fourth-order valence-corrected chi connectivity index (χ4v) is 2.84. The first kappa shape index (κ1) is 20.7. The molecule has 1 aromatic heterocycles. The summed E-state index contributed by atoms with van der Waals surface area (Å²) in [7, 11) is 1.53. The van der Waals surface area contributed by atoms with E-state index in [-0.39, 0.29) is 12.1 Å². The number of hydrogen-bond acceptors (Lipinski definition) is 5. The molecule has 154 valence electrons. The summed E-state index contributed by atoms with van der Waals surface area (Å²) in [5.74, 6) is -0.602. The van der Waals surface area contributed by atoms with Crippen molar-refractivity contribution in [2.24, 2.45) is 0 Å². The monoisotopic (exact) mass is 406 g/mol. The molecule has 0 aliphatic heterocycles. The number of aromatic nitrogens is 1. The van der Waals surface area contributed by atoms with Crippen LogP contribution in [0.3, 0.4) is 0 Å². The average Bonchev–Trinajstić information content (AvgIpc) is 2.76. The van der Waals surface area contributed by atoms with Crippen LogP contribution in [0.5, 0.6) is 5.75 Å². The van der Waals surface area contributed by atoms with Crippen molar-refractivity contribution in [3.8, 4) is 17.0 Å². The zero-order valence-electron chi connectivity index (χ0n) is 16.6. The molecule has 2 aromatic carbocycles. The van der Waals surface area contributed by atoms with Gasteiger partial charge in [0.2, 0.25) is 0 Å². The maximum absolute atomic E-state index is 12.3. The first-order chi connectivity index (χ1) is 14.5. The Labute approximate surface area is 173 Å². The minimum Gasteiger partial charge on any atom is -0.495 e. The normalized spacial score (nSPS) is 10.2. The largest absolute Gasteiger partial charge is 0.495 e. The van der Waals surface area contributed by atoms with Crippen LogP contribution in [0.15, 0.2) is 65.5 Å². The summed E-state index contributed by atoms with van der Waals surface area (Å²) < 4.78 is 5.19. The number of rotatable bonds is 6. The number of H-pyrrole nitrogens is 1. The van der Waals surface area contributed by atoms with Crippen LogP contribution < -0.4 is 26.5 Å². The van der Waals surface area contributed by atoms with Gasteiger partial charge in [0.1, 0.15) is 11.3 Å². The van der Waals surface area contributed by atoms with Crippen molar-refractivity contribution >= 4 is 17.5 Å². The van der Waals surface area contributed by atoms with Crippen LogP contribution in [0.1, 0.15) is 15.9 Å². The van der Waals surface area contributed by atoms with Gasteiger partial charge in [0.25, 0.3) is 17.4 Å². The second-order valence-corrected chi connectivity index (χ2v) is 6.54. The zero-order chi connectivity index (χ0) is 21.5. The van der Waals surface area contributed by atoms with Gasteiger partial charge in [-0.25, -0.2) is 0 Å². The van der Waals surface area contributed by atoms with Crippen molar-refractivity contribution < 1.29 is 14.3 Å². The van der Waals surface area contributed by atoms with Gasteiger partial charge < -0.3 is 15.0 Å². The molecule has 0 unspecified atom stereocenters. The summed E-state index contributed by atoms with van der Waals surface area (Å²) in [6, 6.07) is 17.8. The Hall–Kier alpha value is -4.07. The molecule has 30 heavy (non-hydrogen) atoms. The number of pyridine rings is 1. The third-order valence-corrected chi connectivity index (χ3v) is 4.35. The number of methoxy groups -OCH3 is 1. The minimum atomic E-state index is -0.710. The van der Waals surface area contributed by atoms with Crippen LogP contribution in [0.4, 0.5) is 5.69 Å². The van der Waals surface area contributed by atoms with Crippen LogP contribution in [0.2, 0.25) is 0 Å². The van der Waals surface area contributed by atoms with Gasteiger partial charge in [-0.2, -0.15) is 0 Å². The van der Waals surface area contributed by atoms with Crippen molar-refractivity contribution in [3.05, 3.63) is 82.1 Å². The van der Waals surface area contributed by atoms with Gasteiger partial charge in [-0.05, 0) is 42.8 Å². The number of hydrazine groups is 1. The van der Waals surface area contributed by atoms with Crippen LogP contribution in [-0.4, -0.2) is 30.5 Å². The van der Waals surface area contributed by atoms with E-state index in [1.165, 1.54) is 13.2 Å². The molecule has 1 heterocycles. The molecule has 0 aliphatic carbocycles. The molecular weight excluding hydrogens is 384 g/mol. The molecule has 0 spiro atoms. The Kier molecular flexibility index (Phi) is 6.49. The molecule has 8 nitrogen and oxygen atoms in total. The molecule has 0 saturated heterocycles. The standard InChI is InChI=1S/C22H22N4O4/c1-14-6-5-7-15(12-14)17-11-10-16(21(28)24-17)22(29)26-25-20(27)13-23-18-8-3-4-9-19(18)30-2/h3-12,23H,13H2,1-2H3,(H,24,28)(H,25,27)(H,26,29). The Morgan fingerprint density at radius 2 is 1.80 bits per heavy atom. The van der Waals surface area contributed by atoms with E-state index in [1.807, 2.05) is 37.3 Å². The van der Waals surface area contributed by atoms with E-state index in [0.29, 0.717) is 17.1 Å². The Balaban J connectivity index is 1.58. The maximum Gasteiger partial charge on any atom is 0.275 e. The van der Waals surface area contributed by atoms with Crippen molar-refractivity contribution in [2.45, 2.75) is 6.92 Å². The number of ether oxygens (including phenoxy) is 1. The fourth-order valence-electron chi connectivity index (χ4n) is 2.84. The molecule has 0 radical (unpaired) electrons. The van der Waals surface area contributed by atoms with Gasteiger partial charge in [-0.1, -0.05) is 35.9 Å². The molecule has 0 aliphatic rings. The highest BCUT2D eigenvalue weighted by atomic mass is 16.5. The second-order valence-electron chi connectivity index (χ2n) is 6.54. The number of para-hydroxylation sites is 2. The summed E-state index contributed by atoms with van der Waals surface area (Å²) in [4.78, 5) is 39.3. The number of amides is 2. The van der Waals surface area contributed by atoms with Crippen LogP contribution in [0, 0.1) is 6.92 Å². The van der Waals surface area contributed by atoms with Crippen LogP contribution in [0.25, 0.3) is 11.3 Å². The highest BCUT2D eigenvalue weighted by Crippen LogP contribution is 2.22. The number of carbonyl (C=O) groups is 2. The van der Waals surface area contributed by atoms with Gasteiger partial charge in [0.15, 0.2) is 0 Å². The Morgan fingerprint density at radius 1 is 1.00 bits per heavy atom. The molecule has 8 heteroatoms. The SMILES string of the molecule is COc1ccccc1NCC(=O)NNC(=O)c1ccc(-c2cccc(C)c2)[nH]c1=O. The first-order valence-corrected chi connectivity index (χ1v) is 9.24. The van der Waals surface area contributed by atoms with Gasteiger partial charge in [-0.15, -0.1) is 0 Å². The second kappa shape index (κ2) is 9.42. The number of hydrogen-bond donors (Lipinski definition) is 4. The van der Waals surface area contributed by atoms with E-state index in [0.717, 1.165) is 11.1 Å². The summed E-state index contributed by atoms with van der Waals surface area (Å²) in [6.45, 7) is 1.86. The molecule has 0 saturated carbocycles. The number of aryl methyl sites for hydroxylation is 1. The fraction of sp³-hybridized carbons (Fsp3) is 0.136. The smallest absolute Gasteiger partial charge is 0.275 e. The third-order valence-electron chi connectivity index (χ3n) is 4.35. The summed E-state index contributed by atoms with van der Waals surface area (Å²) in [5.41, 5.74) is 7.01. The molecule has 3 aromatic rings. The third kappa shape index (κ3) is 5.05. The molecule has 3 rings (SSSR count). The van der Waals surface area contributed by atoms with Crippen LogP contribution >= 0.6 is 0 Å². The van der Waals surface area contributed by atoms with Crippen LogP contribution in [-0.2, 0) is 4.79 Å². The molecule has 0 fully saturated rings. The lowest BCUT2D eigenvalue weighted by molar-refractivity contribution is -0.120. The number of aromatic amines is 1. The minimum absolute atomic E-state index is 0.0939. The highest BCUT2D eigenvalue weighted by molar-refractivity contribution is 5.95. The van der Waals surface area contributed by atoms with Crippen molar-refractivity contribution in [2.75, 3.05) is 19.0 Å². The molecule has 4 N–H and O–H groups in total. The van der Waals surface area contributed by atoms with E-state index in [4.69, 9.17) is 4.74 Å². The first-order valence-electron chi connectivity index (χ1n) is 9.24. The van der Waals surface area contributed by atoms with E-state index in [9.17, 15) is 14.4 Å². The van der Waals surface area contributed by atoms with Crippen molar-refractivity contribution in [1.82, 2.24) is 15.8 Å². The summed E-state index contributed by atoms with van der Waals surface area (Å²) in [5, 5.41) is 2.91. The summed E-state index contributed by atoms with van der Waals surface area (Å²) in [6.07, 6.45) is 0. The van der Waals surface area contributed by atoms with E-state index in [2.05, 4.69) is 21.2 Å². The number of carbonyl (C=O) groups excluding carboxylic acids is 2. The zero-order valence-corrected chi connectivity index (χ0v) is 16.6. The Bertz CT molecular complexity index is 1120. The van der Waals surface area contributed by atoms with E-state index >= 15 is 0 Å². The predicted octanol–water partition coefficient (Wildman–Crippen LogP) is 2.23. The lowest BCUT2D eigenvalue weighted by atomic mass is 10.1. The lowest BCUT2D eigenvalue weighted by Gasteiger charge is -2.11. The van der Waals surface area contributed by atoms with E-state index < -0.39 is 17.4 Å². The van der Waals surface area contributed by atoms with Gasteiger partial charge in [-0.3, -0.25) is 25.2 Å². The summed E-state index contributed by atoms with van der Waals surface area (Å²) >= 11 is 0. The number of anilines is 1. The van der Waals surface area contributed by atoms with Gasteiger partial charge in [0.05, 0.1) is 19.3 Å². The van der Waals surface area contributed by atoms with Gasteiger partial charge in [0, 0.05) is 5.69 Å². The maximum atomic E-state index is 12.3. The van der Waals surface area contributed by atoms with E-state index in [1.54, 1.807) is 24.3 Å². The van der Waals surface area contributed by atoms with Gasteiger partial charge >= 0.3 is 0 Å².